The molecule has 3 rings (SSSR count). The number of nitrogens with zero attached hydrogens (tertiary/aromatic N) is 4. The Morgan fingerprint density at radius 1 is 1.29 bits per heavy atom. The van der Waals surface area contributed by atoms with E-state index in [-0.39, 0.29) is 12.1 Å². The molecule has 0 aliphatic carbocycles. The number of β-amino-alcohol motifs (C(OH)–C–C–N with tert-alkyl or cyclic N) is 1. The summed E-state index contributed by atoms with van der Waals surface area (Å²) in [5, 5.41) is 15.1. The molecule has 0 saturated carbocycles. The zero-order valence-electron chi connectivity index (χ0n) is 15.1. The van der Waals surface area contributed by atoms with Gasteiger partial charge >= 0.3 is 0 Å². The lowest BCUT2D eigenvalue weighted by atomic mass is 10.0. The molecule has 0 amide bonds. The van der Waals surface area contributed by atoms with Crippen LogP contribution < -0.4 is 4.74 Å². The summed E-state index contributed by atoms with van der Waals surface area (Å²) in [5.41, 5.74) is 2.20. The number of hydrogen-bond donors (Lipinski definition) is 1. The maximum Gasteiger partial charge on any atom is 0.216 e. The Balaban J connectivity index is 1.65. The fraction of sp³-hybridized carbons (Fsp3) is 0.824. The van der Waals surface area contributed by atoms with Crippen molar-refractivity contribution in [3.8, 4) is 5.88 Å². The van der Waals surface area contributed by atoms with E-state index in [0.29, 0.717) is 6.54 Å². The maximum atomic E-state index is 10.6. The van der Waals surface area contributed by atoms with E-state index in [0.717, 1.165) is 63.8 Å². The zero-order chi connectivity index (χ0) is 17.1. The Morgan fingerprint density at radius 3 is 2.75 bits per heavy atom. The molecule has 7 nitrogen and oxygen atoms in total. The van der Waals surface area contributed by atoms with E-state index in [9.17, 15) is 5.11 Å². The first-order chi connectivity index (χ1) is 11.6. The van der Waals surface area contributed by atoms with E-state index < -0.39 is 0 Å². The van der Waals surface area contributed by atoms with E-state index in [1.165, 1.54) is 5.56 Å². The van der Waals surface area contributed by atoms with Gasteiger partial charge in [-0.1, -0.05) is 0 Å². The normalized spacial score (nSPS) is 24.4. The van der Waals surface area contributed by atoms with E-state index >= 15 is 0 Å². The predicted octanol–water partition coefficient (Wildman–Crippen LogP) is 0.567. The summed E-state index contributed by atoms with van der Waals surface area (Å²) in [6.45, 7) is 7.83. The van der Waals surface area contributed by atoms with Crippen LogP contribution in [0.1, 0.15) is 30.1 Å². The van der Waals surface area contributed by atoms with Crippen molar-refractivity contribution in [3.63, 3.8) is 0 Å². The average molecular weight is 338 g/mol. The lowest BCUT2D eigenvalue weighted by molar-refractivity contribution is 0.00576. The number of aryl methyl sites for hydroxylation is 2. The molecular weight excluding hydrogens is 308 g/mol. The van der Waals surface area contributed by atoms with Crippen molar-refractivity contribution in [1.82, 2.24) is 19.6 Å². The third-order valence-electron chi connectivity index (χ3n) is 5.12. The monoisotopic (exact) mass is 338 g/mol. The number of aliphatic hydroxyl groups excluding tert-OH is 1. The highest BCUT2D eigenvalue weighted by Gasteiger charge is 2.33. The summed E-state index contributed by atoms with van der Waals surface area (Å²) in [4.78, 5) is 4.67. The molecule has 1 aromatic heterocycles. The average Bonchev–Trinajstić information content (AvgIpc) is 3.11. The van der Waals surface area contributed by atoms with Crippen molar-refractivity contribution >= 4 is 0 Å². The van der Waals surface area contributed by atoms with Crippen LogP contribution in [0.15, 0.2) is 0 Å². The van der Waals surface area contributed by atoms with Crippen molar-refractivity contribution in [2.24, 2.45) is 7.05 Å². The number of hydrogen-bond acceptors (Lipinski definition) is 6. The first-order valence-electron chi connectivity index (χ1n) is 8.90. The smallest absolute Gasteiger partial charge is 0.216 e. The second-order valence-electron chi connectivity index (χ2n) is 6.85. The van der Waals surface area contributed by atoms with Crippen LogP contribution in [0.2, 0.25) is 0 Å². The van der Waals surface area contributed by atoms with E-state index in [1.807, 2.05) is 18.7 Å². The van der Waals surface area contributed by atoms with Gasteiger partial charge in [0.2, 0.25) is 5.88 Å². The Kier molecular flexibility index (Phi) is 5.76. The van der Waals surface area contributed by atoms with Crippen LogP contribution in [0.5, 0.6) is 5.88 Å². The van der Waals surface area contributed by atoms with Gasteiger partial charge in [0.05, 0.1) is 37.7 Å². The van der Waals surface area contributed by atoms with Crippen molar-refractivity contribution in [3.05, 3.63) is 11.3 Å². The number of ether oxygens (including phenoxy) is 2. The third-order valence-corrected chi connectivity index (χ3v) is 5.12. The van der Waals surface area contributed by atoms with Crippen LogP contribution in [0, 0.1) is 6.92 Å². The summed E-state index contributed by atoms with van der Waals surface area (Å²) in [6, 6.07) is 0.285. The second kappa shape index (κ2) is 7.82. The number of rotatable bonds is 6. The maximum absolute atomic E-state index is 10.6. The Morgan fingerprint density at radius 2 is 2.04 bits per heavy atom. The van der Waals surface area contributed by atoms with Gasteiger partial charge < -0.3 is 14.6 Å². The standard InChI is InChI=1S/C17H30N4O3/c1-13-16(17(23-3)19(2)18-13)15-5-4-6-21(15)12-14(22)11-20-7-9-24-10-8-20/h14-15,22H,4-12H2,1-3H3/t14-,15+/m0/s1. The molecule has 136 valence electrons. The topological polar surface area (TPSA) is 63.0 Å². The van der Waals surface area contributed by atoms with Gasteiger partial charge in [0.15, 0.2) is 0 Å². The Hall–Kier alpha value is -1.15. The minimum atomic E-state index is -0.341. The van der Waals surface area contributed by atoms with Crippen LogP contribution in [0.4, 0.5) is 0 Å². The first-order valence-corrected chi connectivity index (χ1v) is 8.90. The van der Waals surface area contributed by atoms with Crippen molar-refractivity contribution < 1.29 is 14.6 Å². The van der Waals surface area contributed by atoms with Crippen LogP contribution in [0.25, 0.3) is 0 Å². The molecule has 0 bridgehead atoms. The molecule has 2 aliphatic heterocycles. The summed E-state index contributed by atoms with van der Waals surface area (Å²) in [5.74, 6) is 0.840. The summed E-state index contributed by atoms with van der Waals surface area (Å²) >= 11 is 0. The Labute approximate surface area is 144 Å². The van der Waals surface area contributed by atoms with Crippen molar-refractivity contribution in [2.45, 2.75) is 31.9 Å². The van der Waals surface area contributed by atoms with E-state index in [4.69, 9.17) is 9.47 Å². The number of aliphatic hydroxyl groups is 1. The predicted molar refractivity (Wildman–Crippen MR) is 91.3 cm³/mol. The molecule has 1 aromatic rings. The molecule has 2 fully saturated rings. The molecule has 24 heavy (non-hydrogen) atoms. The molecule has 3 heterocycles. The first kappa shape index (κ1) is 17.7. The van der Waals surface area contributed by atoms with Gasteiger partial charge in [-0.25, -0.2) is 4.68 Å². The molecule has 2 atom stereocenters. The minimum Gasteiger partial charge on any atom is -0.481 e. The van der Waals surface area contributed by atoms with Gasteiger partial charge in [0.25, 0.3) is 0 Å². The lowest BCUT2D eigenvalue weighted by Crippen LogP contribution is -2.44. The van der Waals surface area contributed by atoms with Gasteiger partial charge in [-0.15, -0.1) is 0 Å². The molecule has 0 radical (unpaired) electrons. The zero-order valence-corrected chi connectivity index (χ0v) is 15.1. The third kappa shape index (κ3) is 3.74. The minimum absolute atomic E-state index is 0.285. The van der Waals surface area contributed by atoms with Gasteiger partial charge in [-0.3, -0.25) is 9.80 Å². The highest BCUT2D eigenvalue weighted by Crippen LogP contribution is 2.38. The molecular formula is C17H30N4O3. The number of morpholine rings is 1. The molecule has 0 unspecified atom stereocenters. The number of methoxy groups -OCH3 is 1. The van der Waals surface area contributed by atoms with Gasteiger partial charge in [0, 0.05) is 39.3 Å². The SMILES string of the molecule is COc1c([C@H]2CCCN2C[C@@H](O)CN2CCOCC2)c(C)nn1C. The lowest BCUT2D eigenvalue weighted by Gasteiger charge is -2.32. The fourth-order valence-electron chi connectivity index (χ4n) is 4.06. The fourth-order valence-corrected chi connectivity index (χ4v) is 4.06. The number of likely N-dealkylation sites (tertiary alicyclic amines) is 1. The summed E-state index contributed by atoms with van der Waals surface area (Å²) in [6.07, 6.45) is 1.89. The highest BCUT2D eigenvalue weighted by atomic mass is 16.5. The Bertz CT molecular complexity index is 542. The molecule has 0 spiro atoms. The van der Waals surface area contributed by atoms with Crippen LogP contribution in [0.3, 0.4) is 0 Å². The second-order valence-corrected chi connectivity index (χ2v) is 6.85. The molecule has 2 aliphatic rings. The van der Waals surface area contributed by atoms with Crippen LogP contribution in [-0.4, -0.2) is 83.8 Å². The molecule has 0 aromatic carbocycles. The molecule has 2 saturated heterocycles. The van der Waals surface area contributed by atoms with E-state index in [2.05, 4.69) is 14.9 Å². The highest BCUT2D eigenvalue weighted by molar-refractivity contribution is 5.35. The summed E-state index contributed by atoms with van der Waals surface area (Å²) < 4.78 is 12.8. The van der Waals surface area contributed by atoms with Crippen molar-refractivity contribution in [2.75, 3.05) is 53.0 Å². The molecule has 1 N–H and O–H groups in total. The summed E-state index contributed by atoms with van der Waals surface area (Å²) in [7, 11) is 3.62. The van der Waals surface area contributed by atoms with Crippen molar-refractivity contribution in [1.29, 1.82) is 0 Å². The molecule has 7 heteroatoms. The largest absolute Gasteiger partial charge is 0.481 e. The van der Waals surface area contributed by atoms with Gasteiger partial charge in [-0.2, -0.15) is 5.10 Å². The van der Waals surface area contributed by atoms with Gasteiger partial charge in [0.1, 0.15) is 0 Å². The quantitative estimate of drug-likeness (QED) is 0.818. The van der Waals surface area contributed by atoms with Crippen LogP contribution >= 0.6 is 0 Å². The van der Waals surface area contributed by atoms with Gasteiger partial charge in [-0.05, 0) is 26.3 Å². The van der Waals surface area contributed by atoms with Crippen LogP contribution in [-0.2, 0) is 11.8 Å². The number of aromatic nitrogens is 2. The van der Waals surface area contributed by atoms with E-state index in [1.54, 1.807) is 7.11 Å².